The van der Waals surface area contributed by atoms with Gasteiger partial charge in [0, 0.05) is 17.2 Å². The monoisotopic (exact) mass is 330 g/mol. The minimum atomic E-state index is -0.145. The maximum absolute atomic E-state index is 12.1. The first kappa shape index (κ1) is 13.8. The first-order chi connectivity index (χ1) is 8.56. The third-order valence-corrected chi connectivity index (χ3v) is 4.57. The highest BCUT2D eigenvalue weighted by atomic mass is 79.9. The van der Waals surface area contributed by atoms with Crippen molar-refractivity contribution < 1.29 is 4.79 Å². The number of rotatable bonds is 4. The predicted molar refractivity (Wildman–Crippen MR) is 75.9 cm³/mol. The molecular formula is C13H16BrClN2O. The maximum atomic E-state index is 12.1. The van der Waals surface area contributed by atoms with Gasteiger partial charge in [0.2, 0.25) is 0 Å². The summed E-state index contributed by atoms with van der Waals surface area (Å²) in [6.07, 6.45) is 6.36. The molecule has 0 radical (unpaired) electrons. The molecule has 0 aromatic carbocycles. The van der Waals surface area contributed by atoms with Crippen LogP contribution in [0, 0.1) is 5.41 Å². The van der Waals surface area contributed by atoms with Gasteiger partial charge in [-0.25, -0.2) is 4.98 Å². The summed E-state index contributed by atoms with van der Waals surface area (Å²) >= 11 is 9.22. The minimum Gasteiger partial charge on any atom is -0.351 e. The Morgan fingerprint density at radius 2 is 2.33 bits per heavy atom. The van der Waals surface area contributed by atoms with Crippen LogP contribution in [0.3, 0.4) is 0 Å². The number of pyridine rings is 1. The van der Waals surface area contributed by atoms with E-state index in [1.54, 1.807) is 12.3 Å². The van der Waals surface area contributed by atoms with Crippen molar-refractivity contribution >= 4 is 33.4 Å². The Balaban J connectivity index is 2.01. The van der Waals surface area contributed by atoms with Gasteiger partial charge in [0.1, 0.15) is 5.15 Å². The Hall–Kier alpha value is -0.610. The van der Waals surface area contributed by atoms with Crippen molar-refractivity contribution in [3.8, 4) is 0 Å². The zero-order chi connectivity index (χ0) is 13.2. The van der Waals surface area contributed by atoms with Gasteiger partial charge < -0.3 is 5.32 Å². The lowest BCUT2D eigenvalue weighted by molar-refractivity contribution is 0.0850. The van der Waals surface area contributed by atoms with E-state index in [2.05, 4.69) is 33.2 Å². The summed E-state index contributed by atoms with van der Waals surface area (Å²) in [5, 5.41) is 3.22. The molecule has 0 unspecified atom stereocenters. The molecule has 0 aliphatic heterocycles. The molecule has 2 rings (SSSR count). The molecule has 1 aromatic rings. The van der Waals surface area contributed by atoms with Gasteiger partial charge in [0.05, 0.1) is 5.56 Å². The molecule has 0 bridgehead atoms. The van der Waals surface area contributed by atoms with E-state index < -0.39 is 0 Å². The van der Waals surface area contributed by atoms with Crippen LogP contribution < -0.4 is 5.32 Å². The van der Waals surface area contributed by atoms with Crippen molar-refractivity contribution in [1.82, 2.24) is 10.3 Å². The molecule has 0 saturated heterocycles. The third-order valence-electron chi connectivity index (χ3n) is 3.84. The molecular weight excluding hydrogens is 316 g/mol. The summed E-state index contributed by atoms with van der Waals surface area (Å²) in [6, 6.07) is 1.70. The molecule has 1 amide bonds. The number of nitrogens with zero attached hydrogens (tertiary/aromatic N) is 1. The standard InChI is InChI=1S/C13H16BrClN2O/c1-2-13(4-3-5-13)8-17-12(18)10-6-9(14)7-16-11(10)15/h6-7H,2-5,8H2,1H3,(H,17,18). The Morgan fingerprint density at radius 3 is 2.89 bits per heavy atom. The number of aromatic nitrogens is 1. The Morgan fingerprint density at radius 1 is 1.61 bits per heavy atom. The molecule has 1 heterocycles. The van der Waals surface area contributed by atoms with Crippen LogP contribution in [0.15, 0.2) is 16.7 Å². The second-order valence-electron chi connectivity index (χ2n) is 4.88. The van der Waals surface area contributed by atoms with Gasteiger partial charge >= 0.3 is 0 Å². The molecule has 0 spiro atoms. The lowest BCUT2D eigenvalue weighted by Gasteiger charge is -2.41. The molecule has 5 heteroatoms. The Kier molecular flexibility index (Phi) is 4.28. The number of halogens is 2. The molecule has 1 N–H and O–H groups in total. The van der Waals surface area contributed by atoms with Gasteiger partial charge in [0.15, 0.2) is 0 Å². The number of carbonyl (C=O) groups excluding carboxylic acids is 1. The summed E-state index contributed by atoms with van der Waals surface area (Å²) in [7, 11) is 0. The van der Waals surface area contributed by atoms with Gasteiger partial charge in [-0.3, -0.25) is 4.79 Å². The van der Waals surface area contributed by atoms with Crippen LogP contribution in [0.1, 0.15) is 43.0 Å². The molecule has 98 valence electrons. The summed E-state index contributed by atoms with van der Waals surface area (Å²) < 4.78 is 0.755. The molecule has 1 aliphatic carbocycles. The second kappa shape index (κ2) is 5.57. The molecule has 18 heavy (non-hydrogen) atoms. The predicted octanol–water partition coefficient (Wildman–Crippen LogP) is 3.81. The quantitative estimate of drug-likeness (QED) is 0.853. The molecule has 1 fully saturated rings. The van der Waals surface area contributed by atoms with E-state index in [1.807, 2.05) is 0 Å². The fourth-order valence-corrected chi connectivity index (χ4v) is 2.80. The highest BCUT2D eigenvalue weighted by Gasteiger charge is 2.35. The molecule has 3 nitrogen and oxygen atoms in total. The minimum absolute atomic E-state index is 0.145. The van der Waals surface area contributed by atoms with Gasteiger partial charge in [-0.05, 0) is 46.7 Å². The summed E-state index contributed by atoms with van der Waals surface area (Å²) in [6.45, 7) is 2.91. The number of amides is 1. The van der Waals surface area contributed by atoms with Crippen LogP contribution in [0.25, 0.3) is 0 Å². The molecule has 1 aromatic heterocycles. The second-order valence-corrected chi connectivity index (χ2v) is 6.16. The largest absolute Gasteiger partial charge is 0.351 e. The molecule has 1 saturated carbocycles. The topological polar surface area (TPSA) is 42.0 Å². The number of carbonyl (C=O) groups is 1. The third kappa shape index (κ3) is 2.86. The first-order valence-electron chi connectivity index (χ1n) is 6.15. The van der Waals surface area contributed by atoms with Crippen LogP contribution in [0.2, 0.25) is 5.15 Å². The summed E-state index contributed by atoms with van der Waals surface area (Å²) in [5.74, 6) is -0.145. The van der Waals surface area contributed by atoms with E-state index in [1.165, 1.54) is 19.3 Å². The van der Waals surface area contributed by atoms with E-state index in [-0.39, 0.29) is 11.1 Å². The van der Waals surface area contributed by atoms with Crippen LogP contribution in [-0.2, 0) is 0 Å². The van der Waals surface area contributed by atoms with Crippen molar-refractivity contribution in [1.29, 1.82) is 0 Å². The van der Waals surface area contributed by atoms with E-state index in [9.17, 15) is 4.79 Å². The van der Waals surface area contributed by atoms with E-state index in [4.69, 9.17) is 11.6 Å². The number of nitrogens with one attached hydrogen (secondary N) is 1. The average molecular weight is 332 g/mol. The zero-order valence-corrected chi connectivity index (χ0v) is 12.6. The van der Waals surface area contributed by atoms with Gasteiger partial charge in [-0.2, -0.15) is 0 Å². The molecule has 0 atom stereocenters. The fraction of sp³-hybridized carbons (Fsp3) is 0.538. The van der Waals surface area contributed by atoms with Crippen molar-refractivity contribution in [3.63, 3.8) is 0 Å². The number of hydrogen-bond acceptors (Lipinski definition) is 2. The normalized spacial score (nSPS) is 17.1. The van der Waals surface area contributed by atoms with Crippen molar-refractivity contribution in [2.45, 2.75) is 32.6 Å². The van der Waals surface area contributed by atoms with Crippen LogP contribution >= 0.6 is 27.5 Å². The van der Waals surface area contributed by atoms with E-state index in [0.717, 1.165) is 17.4 Å². The summed E-state index contributed by atoms with van der Waals surface area (Å²) in [5.41, 5.74) is 0.735. The van der Waals surface area contributed by atoms with Gasteiger partial charge in [-0.1, -0.05) is 24.9 Å². The fourth-order valence-electron chi connectivity index (χ4n) is 2.28. The van der Waals surface area contributed by atoms with E-state index >= 15 is 0 Å². The van der Waals surface area contributed by atoms with Crippen LogP contribution in [0.5, 0.6) is 0 Å². The van der Waals surface area contributed by atoms with Crippen LogP contribution in [0.4, 0.5) is 0 Å². The first-order valence-corrected chi connectivity index (χ1v) is 7.33. The maximum Gasteiger partial charge on any atom is 0.254 e. The SMILES string of the molecule is CCC1(CNC(=O)c2cc(Br)cnc2Cl)CCC1. The lowest BCUT2D eigenvalue weighted by atomic mass is 9.67. The smallest absolute Gasteiger partial charge is 0.254 e. The Bertz CT molecular complexity index is 455. The van der Waals surface area contributed by atoms with Gasteiger partial charge in [0.25, 0.3) is 5.91 Å². The summed E-state index contributed by atoms with van der Waals surface area (Å²) in [4.78, 5) is 16.0. The lowest BCUT2D eigenvalue weighted by Crippen LogP contribution is -2.41. The van der Waals surface area contributed by atoms with Crippen LogP contribution in [-0.4, -0.2) is 17.4 Å². The average Bonchev–Trinajstić information content (AvgIpc) is 2.31. The highest BCUT2D eigenvalue weighted by Crippen LogP contribution is 2.43. The Labute approximate surface area is 120 Å². The molecule has 1 aliphatic rings. The van der Waals surface area contributed by atoms with Crippen molar-refractivity contribution in [2.24, 2.45) is 5.41 Å². The van der Waals surface area contributed by atoms with E-state index in [0.29, 0.717) is 11.0 Å². The number of hydrogen-bond donors (Lipinski definition) is 1. The van der Waals surface area contributed by atoms with Crippen molar-refractivity contribution in [3.05, 3.63) is 27.5 Å². The highest BCUT2D eigenvalue weighted by molar-refractivity contribution is 9.10. The van der Waals surface area contributed by atoms with Gasteiger partial charge in [-0.15, -0.1) is 0 Å². The van der Waals surface area contributed by atoms with Crippen molar-refractivity contribution in [2.75, 3.05) is 6.54 Å². The zero-order valence-electron chi connectivity index (χ0n) is 10.3.